The van der Waals surface area contributed by atoms with Gasteiger partial charge in [-0.1, -0.05) is 18.2 Å². The maximum Gasteiger partial charge on any atom is 0.226 e. The van der Waals surface area contributed by atoms with E-state index in [4.69, 9.17) is 4.42 Å². The Kier molecular flexibility index (Phi) is 4.16. The number of imidazole rings is 1. The van der Waals surface area contributed by atoms with Gasteiger partial charge in [-0.2, -0.15) is 5.10 Å². The van der Waals surface area contributed by atoms with Crippen molar-refractivity contribution < 1.29 is 4.42 Å². The van der Waals surface area contributed by atoms with Crippen molar-refractivity contribution in [3.8, 4) is 23.0 Å². The van der Waals surface area contributed by atoms with E-state index < -0.39 is 0 Å². The van der Waals surface area contributed by atoms with Crippen LogP contribution in [0, 0.1) is 13.8 Å². The molecule has 0 aliphatic heterocycles. The van der Waals surface area contributed by atoms with E-state index in [0.717, 1.165) is 35.0 Å². The Bertz CT molecular complexity index is 1010. The molecule has 26 heavy (non-hydrogen) atoms. The van der Waals surface area contributed by atoms with Crippen LogP contribution in [0.25, 0.3) is 23.0 Å². The lowest BCUT2D eigenvalue weighted by Gasteiger charge is -2.16. The smallest absolute Gasteiger partial charge is 0.226 e. The summed E-state index contributed by atoms with van der Waals surface area (Å²) in [4.78, 5) is 9.12. The molecule has 0 radical (unpaired) electrons. The molecule has 1 atom stereocenters. The number of oxazole rings is 1. The zero-order valence-electron chi connectivity index (χ0n) is 15.1. The molecule has 3 aromatic heterocycles. The Labute approximate surface area is 152 Å². The number of rotatable bonds is 5. The van der Waals surface area contributed by atoms with Gasteiger partial charge < -0.3 is 8.98 Å². The minimum atomic E-state index is 0.183. The summed E-state index contributed by atoms with van der Waals surface area (Å²) < 4.78 is 9.81. The molecule has 0 spiro atoms. The Morgan fingerprint density at radius 2 is 1.96 bits per heavy atom. The van der Waals surface area contributed by atoms with E-state index in [0.29, 0.717) is 5.89 Å². The van der Waals surface area contributed by atoms with E-state index in [1.807, 2.05) is 48.1 Å². The third kappa shape index (κ3) is 3.06. The topological polar surface area (TPSA) is 61.7 Å². The minimum Gasteiger partial charge on any atom is -0.444 e. The van der Waals surface area contributed by atoms with Crippen molar-refractivity contribution in [3.63, 3.8) is 0 Å². The zero-order chi connectivity index (χ0) is 18.1. The lowest BCUT2D eigenvalue weighted by Crippen LogP contribution is -2.15. The summed E-state index contributed by atoms with van der Waals surface area (Å²) in [6.07, 6.45) is 5.43. The molecule has 0 fully saturated rings. The van der Waals surface area contributed by atoms with Crippen LogP contribution in [0.2, 0.25) is 0 Å². The molecule has 0 bridgehead atoms. The van der Waals surface area contributed by atoms with Gasteiger partial charge in [0.05, 0.1) is 18.3 Å². The zero-order valence-corrected chi connectivity index (χ0v) is 15.1. The van der Waals surface area contributed by atoms with E-state index in [-0.39, 0.29) is 6.04 Å². The van der Waals surface area contributed by atoms with Crippen LogP contribution < -0.4 is 0 Å². The Morgan fingerprint density at radius 3 is 2.69 bits per heavy atom. The van der Waals surface area contributed by atoms with Crippen molar-refractivity contribution in [2.45, 2.75) is 33.4 Å². The second-order valence-electron chi connectivity index (χ2n) is 6.52. The largest absolute Gasteiger partial charge is 0.444 e. The molecular formula is C20H21N5O. The summed E-state index contributed by atoms with van der Waals surface area (Å²) in [5, 5.41) is 4.56. The van der Waals surface area contributed by atoms with Crippen molar-refractivity contribution >= 4 is 0 Å². The minimum absolute atomic E-state index is 0.183. The molecule has 0 N–H and O–H groups in total. The molecule has 0 saturated carbocycles. The quantitative estimate of drug-likeness (QED) is 0.540. The number of aryl methyl sites for hydroxylation is 2. The average Bonchev–Trinajstić information content (AvgIpc) is 3.35. The van der Waals surface area contributed by atoms with Crippen LogP contribution in [0.3, 0.4) is 0 Å². The number of aromatic nitrogens is 5. The van der Waals surface area contributed by atoms with Gasteiger partial charge in [0.15, 0.2) is 5.82 Å². The molecule has 4 aromatic rings. The van der Waals surface area contributed by atoms with Crippen LogP contribution in [0.4, 0.5) is 0 Å². The summed E-state index contributed by atoms with van der Waals surface area (Å²) in [5.41, 5.74) is 3.87. The van der Waals surface area contributed by atoms with Gasteiger partial charge in [0.25, 0.3) is 0 Å². The first-order valence-electron chi connectivity index (χ1n) is 8.67. The second-order valence-corrected chi connectivity index (χ2v) is 6.52. The van der Waals surface area contributed by atoms with Crippen LogP contribution >= 0.6 is 0 Å². The molecule has 0 aliphatic rings. The number of hydrogen-bond acceptors (Lipinski definition) is 4. The number of benzene rings is 1. The second kappa shape index (κ2) is 6.63. The van der Waals surface area contributed by atoms with Gasteiger partial charge in [0.1, 0.15) is 12.0 Å². The van der Waals surface area contributed by atoms with Gasteiger partial charge in [-0.05, 0) is 39.0 Å². The fraction of sp³-hybridized carbons (Fsp3) is 0.250. The highest BCUT2D eigenvalue weighted by atomic mass is 16.3. The Morgan fingerprint density at radius 1 is 1.15 bits per heavy atom. The van der Waals surface area contributed by atoms with E-state index in [1.165, 1.54) is 0 Å². The van der Waals surface area contributed by atoms with Gasteiger partial charge >= 0.3 is 0 Å². The molecule has 4 rings (SSSR count). The molecule has 1 unspecified atom stereocenters. The highest BCUT2D eigenvalue weighted by molar-refractivity contribution is 5.58. The summed E-state index contributed by atoms with van der Waals surface area (Å²) >= 11 is 0. The summed E-state index contributed by atoms with van der Waals surface area (Å²) in [6.45, 7) is 7.01. The molecular weight excluding hydrogens is 326 g/mol. The maximum atomic E-state index is 5.67. The standard InChI is InChI=1S/C20H21N5O/c1-14-11-15(2)25(23-14)12-16(3)24-10-9-21-19(24)18-13-26-20(22-18)17-7-5-4-6-8-17/h4-11,13,16H,12H2,1-3H3. The lowest BCUT2D eigenvalue weighted by atomic mass is 10.2. The van der Waals surface area contributed by atoms with Crippen molar-refractivity contribution in [2.75, 3.05) is 0 Å². The summed E-state index contributed by atoms with van der Waals surface area (Å²) in [6, 6.07) is 12.1. The molecule has 0 aliphatic carbocycles. The van der Waals surface area contributed by atoms with Crippen molar-refractivity contribution in [1.82, 2.24) is 24.3 Å². The molecule has 132 valence electrons. The van der Waals surface area contributed by atoms with E-state index in [9.17, 15) is 0 Å². The van der Waals surface area contributed by atoms with Crippen molar-refractivity contribution in [3.05, 3.63) is 66.4 Å². The van der Waals surface area contributed by atoms with Crippen molar-refractivity contribution in [2.24, 2.45) is 0 Å². The third-order valence-electron chi connectivity index (χ3n) is 4.44. The van der Waals surface area contributed by atoms with Gasteiger partial charge in [-0.3, -0.25) is 4.68 Å². The Balaban J connectivity index is 1.61. The number of hydrogen-bond donors (Lipinski definition) is 0. The highest BCUT2D eigenvalue weighted by Crippen LogP contribution is 2.25. The fourth-order valence-corrected chi connectivity index (χ4v) is 3.15. The van der Waals surface area contributed by atoms with Crippen LogP contribution in [0.15, 0.2) is 59.5 Å². The molecule has 0 amide bonds. The van der Waals surface area contributed by atoms with E-state index in [2.05, 4.69) is 39.5 Å². The lowest BCUT2D eigenvalue weighted by molar-refractivity contribution is 0.433. The fourth-order valence-electron chi connectivity index (χ4n) is 3.15. The normalized spacial score (nSPS) is 12.4. The van der Waals surface area contributed by atoms with E-state index >= 15 is 0 Å². The Hall–Kier alpha value is -3.15. The van der Waals surface area contributed by atoms with Gasteiger partial charge in [-0.25, -0.2) is 9.97 Å². The first-order chi connectivity index (χ1) is 12.6. The van der Waals surface area contributed by atoms with Gasteiger partial charge in [-0.15, -0.1) is 0 Å². The van der Waals surface area contributed by atoms with Crippen LogP contribution in [-0.2, 0) is 6.54 Å². The van der Waals surface area contributed by atoms with Crippen LogP contribution in [0.1, 0.15) is 24.4 Å². The molecule has 1 aromatic carbocycles. The predicted molar refractivity (Wildman–Crippen MR) is 99.6 cm³/mol. The maximum absolute atomic E-state index is 5.67. The van der Waals surface area contributed by atoms with Crippen LogP contribution in [0.5, 0.6) is 0 Å². The molecule has 6 nitrogen and oxygen atoms in total. The first-order valence-corrected chi connectivity index (χ1v) is 8.67. The highest BCUT2D eigenvalue weighted by Gasteiger charge is 2.17. The van der Waals surface area contributed by atoms with Crippen molar-refractivity contribution in [1.29, 1.82) is 0 Å². The SMILES string of the molecule is Cc1cc(C)n(CC(C)n2ccnc2-c2coc(-c3ccccc3)n2)n1. The van der Waals surface area contributed by atoms with Gasteiger partial charge in [0, 0.05) is 23.7 Å². The van der Waals surface area contributed by atoms with Crippen LogP contribution in [-0.4, -0.2) is 24.3 Å². The predicted octanol–water partition coefficient (Wildman–Crippen LogP) is 4.28. The van der Waals surface area contributed by atoms with Gasteiger partial charge in [0.2, 0.25) is 5.89 Å². The summed E-state index contributed by atoms with van der Waals surface area (Å²) in [5.74, 6) is 1.39. The average molecular weight is 347 g/mol. The molecule has 0 saturated heterocycles. The third-order valence-corrected chi connectivity index (χ3v) is 4.44. The summed E-state index contributed by atoms with van der Waals surface area (Å²) in [7, 11) is 0. The number of nitrogens with zero attached hydrogens (tertiary/aromatic N) is 5. The molecule has 3 heterocycles. The monoisotopic (exact) mass is 347 g/mol. The first kappa shape index (κ1) is 16.3. The molecule has 6 heteroatoms. The van der Waals surface area contributed by atoms with E-state index in [1.54, 1.807) is 12.5 Å².